The molecule has 1 aromatic rings. The van der Waals surface area contributed by atoms with E-state index < -0.39 is 11.3 Å². The van der Waals surface area contributed by atoms with Crippen LogP contribution in [0.25, 0.3) is 0 Å². The van der Waals surface area contributed by atoms with Gasteiger partial charge in [-0.25, -0.2) is 8.78 Å². The highest BCUT2D eigenvalue weighted by molar-refractivity contribution is 5.51. The third-order valence-electron chi connectivity index (χ3n) is 4.55. The Morgan fingerprint density at radius 3 is 2.41 bits per heavy atom. The van der Waals surface area contributed by atoms with Crippen molar-refractivity contribution in [1.29, 1.82) is 0 Å². The molecule has 0 aromatic heterocycles. The lowest BCUT2D eigenvalue weighted by atomic mass is 9.80. The van der Waals surface area contributed by atoms with Crippen LogP contribution in [0.5, 0.6) is 5.75 Å². The normalized spacial score (nSPS) is 24.2. The second-order valence-electron chi connectivity index (χ2n) is 5.49. The van der Waals surface area contributed by atoms with Crippen molar-refractivity contribution in [3.8, 4) is 5.75 Å². The van der Waals surface area contributed by atoms with Gasteiger partial charge in [0, 0.05) is 16.5 Å². The van der Waals surface area contributed by atoms with E-state index in [1.165, 1.54) is 6.07 Å². The summed E-state index contributed by atoms with van der Waals surface area (Å²) in [5, 5.41) is 9.80. The molecule has 1 fully saturated rings. The van der Waals surface area contributed by atoms with E-state index in [1.807, 2.05) is 0 Å². The van der Waals surface area contributed by atoms with Crippen molar-refractivity contribution in [2.75, 3.05) is 0 Å². The second kappa shape index (κ2) is 3.21. The van der Waals surface area contributed by atoms with E-state index in [-0.39, 0.29) is 11.3 Å². The molecule has 0 aliphatic heterocycles. The lowest BCUT2D eigenvalue weighted by Gasteiger charge is -2.31. The summed E-state index contributed by atoms with van der Waals surface area (Å²) in [4.78, 5) is 0. The molecule has 1 N–H and O–H groups in total. The van der Waals surface area contributed by atoms with Crippen molar-refractivity contribution in [2.45, 2.75) is 45.0 Å². The fourth-order valence-electron chi connectivity index (χ4n) is 3.63. The molecule has 17 heavy (non-hydrogen) atoms. The zero-order valence-electron chi connectivity index (χ0n) is 9.89. The lowest BCUT2D eigenvalue weighted by Crippen LogP contribution is -2.33. The van der Waals surface area contributed by atoms with E-state index in [0.717, 1.165) is 12.8 Å². The summed E-state index contributed by atoms with van der Waals surface area (Å²) in [5.41, 5.74) is 0.265. The third kappa shape index (κ3) is 1.23. The van der Waals surface area contributed by atoms with E-state index >= 15 is 0 Å². The number of aryl methyl sites for hydroxylation is 1. The van der Waals surface area contributed by atoms with Crippen LogP contribution in [0.15, 0.2) is 12.1 Å². The number of benzene rings is 1. The van der Waals surface area contributed by atoms with Gasteiger partial charge in [0.05, 0.1) is 0 Å². The van der Waals surface area contributed by atoms with Gasteiger partial charge in [0.1, 0.15) is 5.75 Å². The Morgan fingerprint density at radius 1 is 1.18 bits per heavy atom. The minimum Gasteiger partial charge on any atom is -0.508 e. The lowest BCUT2D eigenvalue weighted by molar-refractivity contribution is -0.114. The average Bonchev–Trinajstić information content (AvgIpc) is 2.81. The maximum atomic E-state index is 14.6. The first-order chi connectivity index (χ1) is 7.98. The second-order valence-corrected chi connectivity index (χ2v) is 5.49. The summed E-state index contributed by atoms with van der Waals surface area (Å²) in [7, 11) is 0. The highest BCUT2D eigenvalue weighted by Crippen LogP contribution is 2.63. The fraction of sp³-hybridized carbons (Fsp3) is 0.571. The van der Waals surface area contributed by atoms with Crippen LogP contribution >= 0.6 is 0 Å². The molecule has 1 saturated carbocycles. The molecule has 2 aliphatic rings. The Morgan fingerprint density at radius 2 is 1.82 bits per heavy atom. The molecule has 0 amide bonds. The van der Waals surface area contributed by atoms with Gasteiger partial charge in [0.2, 0.25) is 0 Å². The van der Waals surface area contributed by atoms with Crippen molar-refractivity contribution in [1.82, 2.24) is 0 Å². The van der Waals surface area contributed by atoms with Gasteiger partial charge >= 0.3 is 0 Å². The molecule has 0 atom stereocenters. The van der Waals surface area contributed by atoms with Crippen LogP contribution in [0, 0.1) is 12.3 Å². The molecular weight excluding hydrogens is 222 g/mol. The topological polar surface area (TPSA) is 20.2 Å². The number of halogens is 2. The molecule has 3 rings (SSSR count). The van der Waals surface area contributed by atoms with Crippen LogP contribution in [0.1, 0.15) is 42.4 Å². The number of phenols is 1. The molecule has 0 unspecified atom stereocenters. The number of aromatic hydroxyl groups is 1. The summed E-state index contributed by atoms with van der Waals surface area (Å²) in [6, 6.07) is 3.13. The Hall–Kier alpha value is -1.12. The van der Waals surface area contributed by atoms with Crippen molar-refractivity contribution >= 4 is 0 Å². The first-order valence-electron chi connectivity index (χ1n) is 6.18. The molecule has 1 nitrogen and oxygen atoms in total. The van der Waals surface area contributed by atoms with Crippen LogP contribution in [0.2, 0.25) is 0 Å². The summed E-state index contributed by atoms with van der Waals surface area (Å²) in [6.45, 7) is 1.71. The van der Waals surface area contributed by atoms with E-state index in [2.05, 4.69) is 0 Å². The van der Waals surface area contributed by atoms with E-state index in [1.54, 1.807) is 13.0 Å². The van der Waals surface area contributed by atoms with Crippen molar-refractivity contribution < 1.29 is 13.9 Å². The average molecular weight is 238 g/mol. The zero-order chi connectivity index (χ0) is 12.3. The van der Waals surface area contributed by atoms with Gasteiger partial charge in [-0.1, -0.05) is 18.9 Å². The largest absolute Gasteiger partial charge is 0.508 e. The van der Waals surface area contributed by atoms with E-state index in [4.69, 9.17) is 0 Å². The third-order valence-corrected chi connectivity index (χ3v) is 4.55. The minimum atomic E-state index is -2.78. The molecule has 0 radical (unpaired) electrons. The number of phenolic OH excluding ortho intramolecular Hbond substituents is 1. The number of hydrogen-bond acceptors (Lipinski definition) is 1. The van der Waals surface area contributed by atoms with Gasteiger partial charge in [-0.3, -0.25) is 0 Å². The molecule has 1 aromatic carbocycles. The van der Waals surface area contributed by atoms with E-state index in [9.17, 15) is 13.9 Å². The highest BCUT2D eigenvalue weighted by Gasteiger charge is 2.61. The van der Waals surface area contributed by atoms with Gasteiger partial charge in [-0.05, 0) is 37.8 Å². The predicted octanol–water partition coefficient (Wildman–Crippen LogP) is 3.91. The molecule has 3 heteroatoms. The van der Waals surface area contributed by atoms with Crippen molar-refractivity contribution in [3.63, 3.8) is 0 Å². The van der Waals surface area contributed by atoms with Crippen LogP contribution < -0.4 is 0 Å². The number of fused-ring (bicyclic) bond motifs is 1. The molecule has 1 spiro atoms. The fourth-order valence-corrected chi connectivity index (χ4v) is 3.63. The minimum absolute atomic E-state index is 0.0362. The monoisotopic (exact) mass is 238 g/mol. The Bertz CT molecular complexity index is 473. The number of rotatable bonds is 0. The molecule has 92 valence electrons. The molecule has 0 saturated heterocycles. The SMILES string of the molecule is Cc1ccc(O)c2c1C(F)(F)C1(CCCC1)C2. The van der Waals surface area contributed by atoms with Crippen LogP contribution in [-0.2, 0) is 12.3 Å². The first-order valence-corrected chi connectivity index (χ1v) is 6.18. The smallest absolute Gasteiger partial charge is 0.279 e. The van der Waals surface area contributed by atoms with Crippen LogP contribution in [-0.4, -0.2) is 5.11 Å². The number of alkyl halides is 2. The summed E-state index contributed by atoms with van der Waals surface area (Å²) < 4.78 is 29.3. The maximum absolute atomic E-state index is 14.6. The summed E-state index contributed by atoms with van der Waals surface area (Å²) >= 11 is 0. The highest BCUT2D eigenvalue weighted by atomic mass is 19.3. The van der Waals surface area contributed by atoms with Gasteiger partial charge in [0.25, 0.3) is 5.92 Å². The predicted molar refractivity (Wildman–Crippen MR) is 61.3 cm³/mol. The van der Waals surface area contributed by atoms with E-state index in [0.29, 0.717) is 30.4 Å². The van der Waals surface area contributed by atoms with Gasteiger partial charge in [-0.15, -0.1) is 0 Å². The van der Waals surface area contributed by atoms with Crippen LogP contribution in [0.3, 0.4) is 0 Å². The molecule has 0 heterocycles. The Labute approximate surface area is 99.5 Å². The standard InChI is InChI=1S/C14H16F2O/c1-9-4-5-11(17)10-8-13(6-2-3-7-13)14(15,16)12(9)10/h4-5,17H,2-3,6-8H2,1H3. The van der Waals surface area contributed by atoms with Gasteiger partial charge < -0.3 is 5.11 Å². The van der Waals surface area contributed by atoms with Crippen molar-refractivity contribution in [2.24, 2.45) is 5.41 Å². The summed E-state index contributed by atoms with van der Waals surface area (Å²) in [5.74, 6) is -2.74. The maximum Gasteiger partial charge on any atom is 0.279 e. The first kappa shape index (κ1) is 11.0. The molecular formula is C14H16F2O. The van der Waals surface area contributed by atoms with Crippen LogP contribution in [0.4, 0.5) is 8.78 Å². The van der Waals surface area contributed by atoms with Gasteiger partial charge in [-0.2, -0.15) is 0 Å². The summed E-state index contributed by atoms with van der Waals surface area (Å²) in [6.07, 6.45) is 3.25. The molecule has 0 bridgehead atoms. The van der Waals surface area contributed by atoms with Gasteiger partial charge in [0.15, 0.2) is 0 Å². The van der Waals surface area contributed by atoms with Crippen molar-refractivity contribution in [3.05, 3.63) is 28.8 Å². The Balaban J connectivity index is 2.22. The quantitative estimate of drug-likeness (QED) is 0.726. The number of hydrogen-bond donors (Lipinski definition) is 1. The molecule has 2 aliphatic carbocycles. The zero-order valence-corrected chi connectivity index (χ0v) is 9.89. The Kier molecular flexibility index (Phi) is 2.08.